The Bertz CT molecular complexity index is 976. The zero-order valence-electron chi connectivity index (χ0n) is 16.7. The van der Waals surface area contributed by atoms with Gasteiger partial charge in [-0.05, 0) is 36.2 Å². The second-order valence-corrected chi connectivity index (χ2v) is 7.55. The van der Waals surface area contributed by atoms with Crippen molar-refractivity contribution in [1.82, 2.24) is 10.9 Å². The van der Waals surface area contributed by atoms with Gasteiger partial charge in [-0.15, -0.1) is 0 Å². The SMILES string of the molecule is COc1cc(NC2CCN(c3ccc(C4CNNC4)c(C(F)(F)F)c3)C2=O)ccc1F. The number of amides is 1. The van der Waals surface area contributed by atoms with Crippen LogP contribution in [0.1, 0.15) is 23.5 Å². The van der Waals surface area contributed by atoms with Gasteiger partial charge in [-0.2, -0.15) is 13.2 Å². The highest BCUT2D eigenvalue weighted by Gasteiger charge is 2.38. The number of hydrogen-bond donors (Lipinski definition) is 3. The van der Waals surface area contributed by atoms with Gasteiger partial charge in [0.25, 0.3) is 0 Å². The average molecular weight is 438 g/mol. The maximum absolute atomic E-state index is 13.7. The number of methoxy groups -OCH3 is 1. The predicted molar refractivity (Wildman–Crippen MR) is 108 cm³/mol. The van der Waals surface area contributed by atoms with E-state index in [1.54, 1.807) is 6.07 Å². The molecule has 2 aromatic carbocycles. The van der Waals surface area contributed by atoms with Crippen molar-refractivity contribution in [3.63, 3.8) is 0 Å². The largest absolute Gasteiger partial charge is 0.494 e. The van der Waals surface area contributed by atoms with Gasteiger partial charge in [0.05, 0.1) is 12.7 Å². The van der Waals surface area contributed by atoms with Crippen molar-refractivity contribution in [2.45, 2.75) is 24.6 Å². The zero-order valence-corrected chi connectivity index (χ0v) is 16.7. The molecule has 31 heavy (non-hydrogen) atoms. The number of carbonyl (C=O) groups is 1. The van der Waals surface area contributed by atoms with Crippen molar-refractivity contribution in [2.75, 3.05) is 37.0 Å². The number of halogens is 4. The van der Waals surface area contributed by atoms with Crippen LogP contribution in [-0.2, 0) is 11.0 Å². The summed E-state index contributed by atoms with van der Waals surface area (Å²) in [6.07, 6.45) is -4.13. The summed E-state index contributed by atoms with van der Waals surface area (Å²) < 4.78 is 59.7. The van der Waals surface area contributed by atoms with E-state index in [-0.39, 0.29) is 35.4 Å². The second kappa shape index (κ2) is 8.35. The fourth-order valence-corrected chi connectivity index (χ4v) is 4.02. The van der Waals surface area contributed by atoms with Gasteiger partial charge >= 0.3 is 6.18 Å². The average Bonchev–Trinajstić information content (AvgIpc) is 3.39. The van der Waals surface area contributed by atoms with Crippen LogP contribution in [0.3, 0.4) is 0 Å². The van der Waals surface area contributed by atoms with Crippen molar-refractivity contribution < 1.29 is 27.1 Å². The maximum atomic E-state index is 13.7. The van der Waals surface area contributed by atoms with Crippen LogP contribution in [0.4, 0.5) is 28.9 Å². The number of alkyl halides is 3. The van der Waals surface area contributed by atoms with Gasteiger partial charge < -0.3 is 15.0 Å². The highest BCUT2D eigenvalue weighted by Crippen LogP contribution is 2.38. The number of nitrogens with zero attached hydrogens (tertiary/aromatic N) is 1. The Morgan fingerprint density at radius 3 is 2.55 bits per heavy atom. The van der Waals surface area contributed by atoms with Crippen LogP contribution in [0, 0.1) is 5.82 Å². The lowest BCUT2D eigenvalue weighted by molar-refractivity contribution is -0.138. The highest BCUT2D eigenvalue weighted by atomic mass is 19.4. The lowest BCUT2D eigenvalue weighted by Gasteiger charge is -2.22. The summed E-state index contributed by atoms with van der Waals surface area (Å²) in [5.74, 6) is -1.13. The number of benzene rings is 2. The quantitative estimate of drug-likeness (QED) is 0.626. The first-order chi connectivity index (χ1) is 14.8. The molecule has 0 bridgehead atoms. The van der Waals surface area contributed by atoms with Crippen LogP contribution < -0.4 is 25.8 Å². The smallest absolute Gasteiger partial charge is 0.416 e. The van der Waals surface area contributed by atoms with E-state index in [0.717, 1.165) is 6.07 Å². The van der Waals surface area contributed by atoms with E-state index >= 15 is 0 Å². The molecule has 6 nitrogen and oxygen atoms in total. The Morgan fingerprint density at radius 1 is 1.13 bits per heavy atom. The molecule has 166 valence electrons. The maximum Gasteiger partial charge on any atom is 0.416 e. The first kappa shape index (κ1) is 21.4. The van der Waals surface area contributed by atoms with E-state index < -0.39 is 23.6 Å². The van der Waals surface area contributed by atoms with Gasteiger partial charge in [0, 0.05) is 43.0 Å². The third-order valence-corrected chi connectivity index (χ3v) is 5.61. The van der Waals surface area contributed by atoms with Crippen molar-refractivity contribution in [3.8, 4) is 5.75 Å². The minimum absolute atomic E-state index is 0.0357. The summed E-state index contributed by atoms with van der Waals surface area (Å²) in [5, 5.41) is 3.02. The molecule has 2 saturated heterocycles. The monoisotopic (exact) mass is 438 g/mol. The minimum atomic E-state index is -4.53. The van der Waals surface area contributed by atoms with Gasteiger partial charge in [0.2, 0.25) is 5.91 Å². The Balaban J connectivity index is 1.55. The van der Waals surface area contributed by atoms with Gasteiger partial charge in [-0.1, -0.05) is 6.07 Å². The van der Waals surface area contributed by atoms with Gasteiger partial charge in [0.15, 0.2) is 11.6 Å². The summed E-state index contributed by atoms with van der Waals surface area (Å²) in [6, 6.07) is 7.57. The predicted octanol–water partition coefficient (Wildman–Crippen LogP) is 3.26. The van der Waals surface area contributed by atoms with Crippen molar-refractivity contribution in [1.29, 1.82) is 0 Å². The molecule has 10 heteroatoms. The van der Waals surface area contributed by atoms with Crippen molar-refractivity contribution >= 4 is 17.3 Å². The molecular formula is C21H22F4N4O2. The molecule has 2 aromatic rings. The first-order valence-corrected chi connectivity index (χ1v) is 9.86. The van der Waals surface area contributed by atoms with Gasteiger partial charge in [0.1, 0.15) is 6.04 Å². The lowest BCUT2D eigenvalue weighted by Crippen LogP contribution is -2.33. The molecule has 2 heterocycles. The van der Waals surface area contributed by atoms with Crippen LogP contribution in [0.2, 0.25) is 0 Å². The fraction of sp³-hybridized carbons (Fsp3) is 0.381. The summed E-state index contributed by atoms with van der Waals surface area (Å²) in [4.78, 5) is 14.2. The summed E-state index contributed by atoms with van der Waals surface area (Å²) in [6.45, 7) is 1.08. The molecule has 4 rings (SSSR count). The molecule has 1 amide bonds. The molecule has 3 N–H and O–H groups in total. The fourth-order valence-electron chi connectivity index (χ4n) is 4.02. The van der Waals surface area contributed by atoms with Gasteiger partial charge in [-0.25, -0.2) is 4.39 Å². The number of hydrogen-bond acceptors (Lipinski definition) is 5. The molecular weight excluding hydrogens is 416 g/mol. The van der Waals surface area contributed by atoms with E-state index in [0.29, 0.717) is 25.2 Å². The Hall–Kier alpha value is -2.85. The lowest BCUT2D eigenvalue weighted by atomic mass is 9.94. The topological polar surface area (TPSA) is 65.6 Å². The zero-order chi connectivity index (χ0) is 22.2. The normalized spacial score (nSPS) is 19.8. The Labute approximate surface area is 176 Å². The number of rotatable bonds is 5. The standard InChI is InChI=1S/C21H22F4N4O2/c1-31-19-8-13(2-5-17(19)22)28-18-6-7-29(20(18)30)14-3-4-15(12-10-26-27-11-12)16(9-14)21(23,24)25/h2-5,8-9,12,18,26-28H,6-7,10-11H2,1H3. The second-order valence-electron chi connectivity index (χ2n) is 7.55. The molecule has 0 saturated carbocycles. The van der Waals surface area contributed by atoms with Crippen molar-refractivity contribution in [2.24, 2.45) is 0 Å². The molecule has 0 radical (unpaired) electrons. The van der Waals surface area contributed by atoms with E-state index in [2.05, 4.69) is 16.2 Å². The number of ether oxygens (including phenoxy) is 1. The number of hydrazine groups is 1. The minimum Gasteiger partial charge on any atom is -0.494 e. The molecule has 0 aliphatic carbocycles. The summed E-state index contributed by atoms with van der Waals surface area (Å²) in [5.41, 5.74) is 5.86. The van der Waals surface area contributed by atoms with E-state index in [9.17, 15) is 22.4 Å². The van der Waals surface area contributed by atoms with E-state index in [1.807, 2.05) is 0 Å². The number of carbonyl (C=O) groups excluding carboxylic acids is 1. The molecule has 1 unspecified atom stereocenters. The Kier molecular flexibility index (Phi) is 5.76. The van der Waals surface area contributed by atoms with Crippen LogP contribution >= 0.6 is 0 Å². The highest BCUT2D eigenvalue weighted by molar-refractivity contribution is 6.01. The van der Waals surface area contributed by atoms with E-state index in [1.165, 1.54) is 36.3 Å². The van der Waals surface area contributed by atoms with Crippen LogP contribution in [0.15, 0.2) is 36.4 Å². The van der Waals surface area contributed by atoms with Gasteiger partial charge in [-0.3, -0.25) is 15.6 Å². The molecule has 2 fully saturated rings. The summed E-state index contributed by atoms with van der Waals surface area (Å²) >= 11 is 0. The molecule has 0 spiro atoms. The van der Waals surface area contributed by atoms with Crippen LogP contribution in [-0.4, -0.2) is 38.7 Å². The molecule has 0 aromatic heterocycles. The first-order valence-electron chi connectivity index (χ1n) is 9.86. The van der Waals surface area contributed by atoms with Crippen LogP contribution in [0.5, 0.6) is 5.75 Å². The van der Waals surface area contributed by atoms with Crippen LogP contribution in [0.25, 0.3) is 0 Å². The summed E-state index contributed by atoms with van der Waals surface area (Å²) in [7, 11) is 1.34. The molecule has 1 atom stereocenters. The third-order valence-electron chi connectivity index (χ3n) is 5.61. The molecule has 2 aliphatic heterocycles. The van der Waals surface area contributed by atoms with E-state index in [4.69, 9.17) is 4.74 Å². The number of nitrogens with one attached hydrogen (secondary N) is 3. The Morgan fingerprint density at radius 2 is 1.87 bits per heavy atom. The number of anilines is 2. The molecule has 2 aliphatic rings. The third kappa shape index (κ3) is 4.31. The van der Waals surface area contributed by atoms with Crippen molar-refractivity contribution in [3.05, 3.63) is 53.3 Å².